The van der Waals surface area contributed by atoms with Gasteiger partial charge in [-0.05, 0) is 11.6 Å². The highest BCUT2D eigenvalue weighted by atomic mass is 16.3. The molecule has 0 aliphatic carbocycles. The number of ketones is 1. The fraction of sp³-hybridized carbons (Fsp3) is 0. The zero-order valence-electron chi connectivity index (χ0n) is 11.3. The Bertz CT molecular complexity index is 744. The monoisotopic (exact) mass is 275 g/mol. The molecule has 3 aromatic rings. The average Bonchev–Trinajstić information content (AvgIpc) is 3.08. The number of oxazole rings is 1. The van der Waals surface area contributed by atoms with Crippen molar-refractivity contribution in [2.45, 2.75) is 0 Å². The zero-order chi connectivity index (χ0) is 14.5. The van der Waals surface area contributed by atoms with Crippen LogP contribution in [0.15, 0.2) is 77.5 Å². The molecule has 0 aliphatic heterocycles. The molecule has 3 rings (SSSR count). The van der Waals surface area contributed by atoms with Gasteiger partial charge in [0, 0.05) is 5.56 Å². The number of aromatic nitrogens is 1. The molecule has 1 heterocycles. The second kappa shape index (κ2) is 6.01. The van der Waals surface area contributed by atoms with Crippen LogP contribution < -0.4 is 0 Å². The van der Waals surface area contributed by atoms with Crippen molar-refractivity contribution < 1.29 is 9.21 Å². The van der Waals surface area contributed by atoms with Crippen LogP contribution in [-0.2, 0) is 0 Å². The Labute approximate surface area is 122 Å². The molecule has 0 atom stereocenters. The van der Waals surface area contributed by atoms with Gasteiger partial charge in [-0.1, -0.05) is 60.7 Å². The van der Waals surface area contributed by atoms with Gasteiger partial charge in [-0.2, -0.15) is 0 Å². The highest BCUT2D eigenvalue weighted by molar-refractivity contribution is 6.31. The number of carbonyl (C=O) groups is 1. The van der Waals surface area contributed by atoms with Crippen molar-refractivity contribution in [2.75, 3.05) is 0 Å². The fourth-order valence-electron chi connectivity index (χ4n) is 2.04. The number of hydrogen-bond acceptors (Lipinski definition) is 3. The Morgan fingerprint density at radius 2 is 1.62 bits per heavy atom. The smallest absolute Gasteiger partial charge is 0.229 e. The number of nitrogens with zero attached hydrogens (tertiary/aromatic N) is 1. The Morgan fingerprint density at radius 3 is 2.24 bits per heavy atom. The standard InChI is InChI=1S/C18H13NO2/c20-17(15-9-5-2-6-10-15)16(18-19-11-12-21-18)13-14-7-3-1-4-8-14/h1-13H/b16-13-. The Morgan fingerprint density at radius 1 is 0.952 bits per heavy atom. The predicted molar refractivity (Wildman–Crippen MR) is 81.6 cm³/mol. The molecule has 0 radical (unpaired) electrons. The highest BCUT2D eigenvalue weighted by Gasteiger charge is 2.17. The van der Waals surface area contributed by atoms with E-state index in [1.165, 1.54) is 12.5 Å². The Balaban J connectivity index is 2.06. The maximum atomic E-state index is 12.7. The summed E-state index contributed by atoms with van der Waals surface area (Å²) in [5.74, 6) is 0.217. The first-order chi connectivity index (χ1) is 10.3. The molecule has 3 heteroatoms. The fourth-order valence-corrected chi connectivity index (χ4v) is 2.04. The summed E-state index contributed by atoms with van der Waals surface area (Å²) >= 11 is 0. The summed E-state index contributed by atoms with van der Waals surface area (Å²) in [7, 11) is 0. The third kappa shape index (κ3) is 2.98. The molecule has 0 bridgehead atoms. The van der Waals surface area contributed by atoms with Crippen molar-refractivity contribution in [2.24, 2.45) is 0 Å². The van der Waals surface area contributed by atoms with E-state index in [4.69, 9.17) is 4.42 Å². The van der Waals surface area contributed by atoms with E-state index in [0.29, 0.717) is 17.0 Å². The van der Waals surface area contributed by atoms with Gasteiger partial charge in [0.1, 0.15) is 6.26 Å². The summed E-state index contributed by atoms with van der Waals surface area (Å²) in [6.45, 7) is 0. The van der Waals surface area contributed by atoms with Crippen molar-refractivity contribution in [3.8, 4) is 0 Å². The molecular formula is C18H13NO2. The number of carbonyl (C=O) groups excluding carboxylic acids is 1. The second-order valence-electron chi connectivity index (χ2n) is 4.50. The number of Topliss-reactive ketones (excluding diaryl/α,β-unsaturated/α-hetero) is 1. The van der Waals surface area contributed by atoms with Crippen LogP contribution >= 0.6 is 0 Å². The van der Waals surface area contributed by atoms with Crippen LogP contribution in [0, 0.1) is 0 Å². The van der Waals surface area contributed by atoms with Crippen molar-refractivity contribution in [1.82, 2.24) is 4.98 Å². The molecule has 21 heavy (non-hydrogen) atoms. The van der Waals surface area contributed by atoms with Gasteiger partial charge in [0.05, 0.1) is 11.8 Å². The Kier molecular flexibility index (Phi) is 3.74. The van der Waals surface area contributed by atoms with Crippen LogP contribution in [-0.4, -0.2) is 10.8 Å². The molecule has 1 aromatic heterocycles. The molecular weight excluding hydrogens is 262 g/mol. The van der Waals surface area contributed by atoms with E-state index in [0.717, 1.165) is 5.56 Å². The van der Waals surface area contributed by atoms with Crippen LogP contribution in [0.2, 0.25) is 0 Å². The first-order valence-electron chi connectivity index (χ1n) is 6.61. The van der Waals surface area contributed by atoms with Gasteiger partial charge < -0.3 is 4.42 Å². The minimum Gasteiger partial charge on any atom is -0.444 e. The molecule has 0 N–H and O–H groups in total. The van der Waals surface area contributed by atoms with Crippen molar-refractivity contribution >= 4 is 17.4 Å². The topological polar surface area (TPSA) is 43.1 Å². The van der Waals surface area contributed by atoms with Gasteiger partial charge in [0.25, 0.3) is 0 Å². The minimum absolute atomic E-state index is 0.109. The maximum Gasteiger partial charge on any atom is 0.229 e. The summed E-state index contributed by atoms with van der Waals surface area (Å²) < 4.78 is 5.31. The van der Waals surface area contributed by atoms with Crippen molar-refractivity contribution in [3.05, 3.63) is 90.1 Å². The largest absolute Gasteiger partial charge is 0.444 e. The normalized spacial score (nSPS) is 11.3. The van der Waals surface area contributed by atoms with Gasteiger partial charge in [0.2, 0.25) is 5.89 Å². The Hall–Kier alpha value is -2.94. The molecule has 0 spiro atoms. The molecule has 0 saturated carbocycles. The number of rotatable bonds is 4. The summed E-state index contributed by atoms with van der Waals surface area (Å²) in [6.07, 6.45) is 4.79. The van der Waals surface area contributed by atoms with Crippen molar-refractivity contribution in [3.63, 3.8) is 0 Å². The SMILES string of the molecule is O=C(/C(=C/c1ccccc1)c1ncco1)c1ccccc1. The lowest BCUT2D eigenvalue weighted by atomic mass is 10.0. The van der Waals surface area contributed by atoms with Crippen LogP contribution in [0.4, 0.5) is 0 Å². The quantitative estimate of drug-likeness (QED) is 0.532. The van der Waals surface area contributed by atoms with E-state index in [-0.39, 0.29) is 5.78 Å². The number of allylic oxidation sites excluding steroid dienone is 1. The third-order valence-corrected chi connectivity index (χ3v) is 3.05. The van der Waals surface area contributed by atoms with E-state index in [2.05, 4.69) is 4.98 Å². The van der Waals surface area contributed by atoms with Gasteiger partial charge in [-0.25, -0.2) is 4.98 Å². The van der Waals surface area contributed by atoms with Crippen LogP contribution in [0.3, 0.4) is 0 Å². The average molecular weight is 275 g/mol. The van der Waals surface area contributed by atoms with Crippen molar-refractivity contribution in [1.29, 1.82) is 0 Å². The summed E-state index contributed by atoms with van der Waals surface area (Å²) in [4.78, 5) is 16.8. The second-order valence-corrected chi connectivity index (χ2v) is 4.50. The van der Waals surface area contributed by atoms with Crippen LogP contribution in [0.1, 0.15) is 21.8 Å². The number of hydrogen-bond donors (Lipinski definition) is 0. The van der Waals surface area contributed by atoms with Crippen LogP contribution in [0.5, 0.6) is 0 Å². The first kappa shape index (κ1) is 13.1. The van der Waals surface area contributed by atoms with E-state index in [1.54, 1.807) is 18.2 Å². The predicted octanol–water partition coefficient (Wildman–Crippen LogP) is 4.10. The molecule has 3 nitrogen and oxygen atoms in total. The molecule has 0 aliphatic rings. The number of benzene rings is 2. The molecule has 0 amide bonds. The summed E-state index contributed by atoms with van der Waals surface area (Å²) in [5.41, 5.74) is 1.98. The zero-order valence-corrected chi connectivity index (χ0v) is 11.3. The van der Waals surface area contributed by atoms with E-state index in [1.807, 2.05) is 48.5 Å². The summed E-state index contributed by atoms with van der Waals surface area (Å²) in [5, 5.41) is 0. The van der Waals surface area contributed by atoms with E-state index >= 15 is 0 Å². The maximum absolute atomic E-state index is 12.7. The van der Waals surface area contributed by atoms with E-state index in [9.17, 15) is 4.79 Å². The summed E-state index contributed by atoms with van der Waals surface area (Å²) in [6, 6.07) is 18.8. The highest BCUT2D eigenvalue weighted by Crippen LogP contribution is 2.21. The first-order valence-corrected chi connectivity index (χ1v) is 6.61. The molecule has 0 fully saturated rings. The van der Waals surface area contributed by atoms with Gasteiger partial charge in [0.15, 0.2) is 5.78 Å². The lowest BCUT2D eigenvalue weighted by molar-refractivity contribution is 0.105. The molecule has 102 valence electrons. The lowest BCUT2D eigenvalue weighted by Crippen LogP contribution is -2.03. The third-order valence-electron chi connectivity index (χ3n) is 3.05. The van der Waals surface area contributed by atoms with Gasteiger partial charge >= 0.3 is 0 Å². The lowest BCUT2D eigenvalue weighted by Gasteiger charge is -2.03. The molecule has 2 aromatic carbocycles. The minimum atomic E-state index is -0.109. The van der Waals surface area contributed by atoms with Crippen LogP contribution in [0.25, 0.3) is 11.6 Å². The van der Waals surface area contributed by atoms with Gasteiger partial charge in [-0.3, -0.25) is 4.79 Å². The van der Waals surface area contributed by atoms with Gasteiger partial charge in [-0.15, -0.1) is 0 Å². The van der Waals surface area contributed by atoms with E-state index < -0.39 is 0 Å². The molecule has 0 unspecified atom stereocenters. The molecule has 0 saturated heterocycles.